The fourth-order valence-electron chi connectivity index (χ4n) is 2.84. The highest BCUT2D eigenvalue weighted by Gasteiger charge is 2.27. The Kier molecular flexibility index (Phi) is 7.40. The van der Waals surface area contributed by atoms with E-state index in [-0.39, 0.29) is 18.9 Å². The summed E-state index contributed by atoms with van der Waals surface area (Å²) < 4.78 is 16.8. The van der Waals surface area contributed by atoms with Gasteiger partial charge in [-0.05, 0) is 62.3 Å². The Labute approximate surface area is 172 Å². The zero-order chi connectivity index (χ0) is 20.5. The lowest BCUT2D eigenvalue weighted by atomic mass is 9.94. The van der Waals surface area contributed by atoms with Crippen molar-refractivity contribution in [3.05, 3.63) is 65.5 Å². The third-order valence-corrected chi connectivity index (χ3v) is 4.62. The minimum absolute atomic E-state index is 0.134. The van der Waals surface area contributed by atoms with E-state index in [4.69, 9.17) is 14.2 Å². The van der Waals surface area contributed by atoms with Gasteiger partial charge >= 0.3 is 5.97 Å². The largest absolute Gasteiger partial charge is 0.460 e. The summed E-state index contributed by atoms with van der Waals surface area (Å²) in [6, 6.07) is 13.4. The van der Waals surface area contributed by atoms with Crippen molar-refractivity contribution < 1.29 is 19.0 Å². The summed E-state index contributed by atoms with van der Waals surface area (Å²) in [5.74, 6) is 5.63. The minimum atomic E-state index is -0.932. The average Bonchev–Trinajstić information content (AvgIpc) is 2.76. The number of carbonyl (C=O) groups is 1. The number of esters is 1. The monoisotopic (exact) mass is 393 g/mol. The molecule has 0 saturated carbocycles. The summed E-state index contributed by atoms with van der Waals surface area (Å²) in [5.41, 5.74) is 1.59. The summed E-state index contributed by atoms with van der Waals surface area (Å²) in [6.45, 7) is 4.94. The summed E-state index contributed by atoms with van der Waals surface area (Å²) in [7, 11) is 0. The van der Waals surface area contributed by atoms with Crippen molar-refractivity contribution in [1.82, 2.24) is 4.98 Å². The molecule has 3 rings (SSSR count). The summed E-state index contributed by atoms with van der Waals surface area (Å²) in [6.07, 6.45) is 4.72. The average molecular weight is 393 g/mol. The summed E-state index contributed by atoms with van der Waals surface area (Å²) in [5, 5.41) is 0. The highest BCUT2D eigenvalue weighted by Crippen LogP contribution is 2.18. The van der Waals surface area contributed by atoms with Crippen LogP contribution in [0.2, 0.25) is 0 Å². The number of nitrogens with zero attached hydrogens (tertiary/aromatic N) is 1. The van der Waals surface area contributed by atoms with E-state index < -0.39 is 5.41 Å². The Morgan fingerprint density at radius 2 is 2.00 bits per heavy atom. The third-order valence-electron chi connectivity index (χ3n) is 4.62. The molecule has 1 aromatic heterocycles. The molecule has 1 aromatic carbocycles. The van der Waals surface area contributed by atoms with Crippen LogP contribution in [0, 0.1) is 17.3 Å². The van der Waals surface area contributed by atoms with Crippen molar-refractivity contribution in [2.45, 2.75) is 52.6 Å². The van der Waals surface area contributed by atoms with E-state index in [9.17, 15) is 4.79 Å². The first-order chi connectivity index (χ1) is 14.0. The number of carbonyl (C=O) groups excluding carboxylic acids is 1. The third kappa shape index (κ3) is 6.70. The van der Waals surface area contributed by atoms with Crippen LogP contribution in [0.15, 0.2) is 48.7 Å². The quantitative estimate of drug-likeness (QED) is 0.543. The molecule has 0 aliphatic carbocycles. The zero-order valence-corrected chi connectivity index (χ0v) is 17.0. The van der Waals surface area contributed by atoms with Gasteiger partial charge in [0.05, 0.1) is 6.61 Å². The Hall–Kier alpha value is -2.68. The van der Waals surface area contributed by atoms with Gasteiger partial charge in [0, 0.05) is 12.8 Å². The Morgan fingerprint density at radius 1 is 1.17 bits per heavy atom. The van der Waals surface area contributed by atoms with E-state index in [0.29, 0.717) is 12.3 Å². The number of aromatic nitrogens is 1. The molecular weight excluding hydrogens is 366 g/mol. The first kappa shape index (κ1) is 21.0. The molecule has 0 amide bonds. The molecule has 29 heavy (non-hydrogen) atoms. The second-order valence-corrected chi connectivity index (χ2v) is 7.59. The molecule has 1 saturated heterocycles. The van der Waals surface area contributed by atoms with Gasteiger partial charge in [-0.15, -0.1) is 0 Å². The second kappa shape index (κ2) is 10.2. The van der Waals surface area contributed by atoms with E-state index in [2.05, 4.69) is 16.8 Å². The molecule has 2 heterocycles. The lowest BCUT2D eigenvalue weighted by Crippen LogP contribution is -2.24. The van der Waals surface area contributed by atoms with Crippen molar-refractivity contribution in [2.75, 3.05) is 6.61 Å². The molecule has 1 atom stereocenters. The molecule has 5 heteroatoms. The van der Waals surface area contributed by atoms with E-state index in [1.165, 1.54) is 0 Å². The molecule has 1 aliphatic heterocycles. The topological polar surface area (TPSA) is 57.7 Å². The van der Waals surface area contributed by atoms with Gasteiger partial charge in [0.25, 0.3) is 0 Å². The number of ether oxygens (including phenoxy) is 3. The number of pyridine rings is 1. The van der Waals surface area contributed by atoms with Crippen LogP contribution in [0.5, 0.6) is 0 Å². The Morgan fingerprint density at radius 3 is 2.76 bits per heavy atom. The lowest BCUT2D eigenvalue weighted by Gasteiger charge is -2.22. The van der Waals surface area contributed by atoms with Gasteiger partial charge in [0.15, 0.2) is 6.29 Å². The van der Waals surface area contributed by atoms with Crippen LogP contribution in [0.1, 0.15) is 49.9 Å². The van der Waals surface area contributed by atoms with Gasteiger partial charge in [0.1, 0.15) is 17.7 Å². The first-order valence-electron chi connectivity index (χ1n) is 9.95. The maximum atomic E-state index is 12.4. The zero-order valence-electron chi connectivity index (χ0n) is 17.0. The summed E-state index contributed by atoms with van der Waals surface area (Å²) >= 11 is 0. The molecule has 1 fully saturated rings. The normalized spacial score (nSPS) is 16.6. The van der Waals surface area contributed by atoms with E-state index >= 15 is 0 Å². The van der Waals surface area contributed by atoms with Gasteiger partial charge in [-0.1, -0.05) is 36.3 Å². The standard InChI is InChI=1S/C24H27NO4/c1-24(2,23(26)29-17-19-8-4-3-5-9-19)13-11-21-16-20(12-14-25-21)18-28-22-10-6-7-15-27-22/h3-5,8-9,12,14,16,22H,6-7,10,15,17-18H2,1-2H3. The van der Waals surface area contributed by atoms with Crippen LogP contribution in [0.3, 0.4) is 0 Å². The number of rotatable bonds is 6. The smallest absolute Gasteiger partial charge is 0.324 e. The van der Waals surface area contributed by atoms with Gasteiger partial charge in [0.2, 0.25) is 0 Å². The number of hydrogen-bond donors (Lipinski definition) is 0. The molecule has 0 bridgehead atoms. The van der Waals surface area contributed by atoms with Gasteiger partial charge < -0.3 is 14.2 Å². The van der Waals surface area contributed by atoms with E-state index in [0.717, 1.165) is 37.0 Å². The fourth-order valence-corrected chi connectivity index (χ4v) is 2.84. The summed E-state index contributed by atoms with van der Waals surface area (Å²) in [4.78, 5) is 16.7. The van der Waals surface area contributed by atoms with Crippen LogP contribution in [0.25, 0.3) is 0 Å². The number of benzene rings is 1. The van der Waals surface area contributed by atoms with Gasteiger partial charge in [-0.25, -0.2) is 4.98 Å². The van der Waals surface area contributed by atoms with Crippen LogP contribution in [-0.2, 0) is 32.2 Å². The van der Waals surface area contributed by atoms with Crippen LogP contribution in [-0.4, -0.2) is 23.9 Å². The molecule has 1 aliphatic rings. The fraction of sp³-hybridized carbons (Fsp3) is 0.417. The molecule has 1 unspecified atom stereocenters. The van der Waals surface area contributed by atoms with Crippen molar-refractivity contribution in [3.63, 3.8) is 0 Å². The van der Waals surface area contributed by atoms with Crippen molar-refractivity contribution in [2.24, 2.45) is 5.41 Å². The predicted molar refractivity (Wildman–Crippen MR) is 110 cm³/mol. The maximum absolute atomic E-state index is 12.4. The highest BCUT2D eigenvalue weighted by molar-refractivity contribution is 5.79. The highest BCUT2D eigenvalue weighted by atomic mass is 16.7. The molecule has 2 aromatic rings. The Bertz CT molecular complexity index is 861. The van der Waals surface area contributed by atoms with Crippen molar-refractivity contribution in [1.29, 1.82) is 0 Å². The SMILES string of the molecule is CC(C)(C#Cc1cc(COC2CCCCO2)ccn1)C(=O)OCc1ccccc1. The van der Waals surface area contributed by atoms with Gasteiger partial charge in [-0.2, -0.15) is 0 Å². The Balaban J connectivity index is 1.56. The molecule has 152 valence electrons. The number of hydrogen-bond acceptors (Lipinski definition) is 5. The van der Waals surface area contributed by atoms with Crippen molar-refractivity contribution >= 4 is 5.97 Å². The second-order valence-electron chi connectivity index (χ2n) is 7.59. The van der Waals surface area contributed by atoms with Crippen LogP contribution in [0.4, 0.5) is 0 Å². The molecular formula is C24H27NO4. The molecule has 0 radical (unpaired) electrons. The van der Waals surface area contributed by atoms with Gasteiger partial charge in [-0.3, -0.25) is 4.79 Å². The van der Waals surface area contributed by atoms with E-state index in [1.54, 1.807) is 20.0 Å². The van der Waals surface area contributed by atoms with Crippen molar-refractivity contribution in [3.8, 4) is 11.8 Å². The molecule has 0 N–H and O–H groups in total. The predicted octanol–water partition coefficient (Wildman–Crippen LogP) is 4.25. The minimum Gasteiger partial charge on any atom is -0.460 e. The maximum Gasteiger partial charge on any atom is 0.324 e. The van der Waals surface area contributed by atoms with E-state index in [1.807, 2.05) is 42.5 Å². The van der Waals surface area contributed by atoms with Crippen LogP contribution < -0.4 is 0 Å². The molecule has 5 nitrogen and oxygen atoms in total. The first-order valence-corrected chi connectivity index (χ1v) is 9.95. The lowest BCUT2D eigenvalue weighted by molar-refractivity contribution is -0.168. The molecule has 0 spiro atoms. The van der Waals surface area contributed by atoms with Crippen LogP contribution >= 0.6 is 0 Å².